The number of nitrogens with zero attached hydrogens (tertiary/aromatic N) is 2. The van der Waals surface area contributed by atoms with Gasteiger partial charge in [-0.3, -0.25) is 14.5 Å². The van der Waals surface area contributed by atoms with E-state index in [1.165, 1.54) is 18.2 Å². The summed E-state index contributed by atoms with van der Waals surface area (Å²) in [6.45, 7) is 5.82. The fraction of sp³-hybridized carbons (Fsp3) is 0.667. The summed E-state index contributed by atoms with van der Waals surface area (Å²) in [5.74, 6) is -0.292. The molecule has 3 atom stereocenters. The Bertz CT molecular complexity index is 736. The highest BCUT2D eigenvalue weighted by Crippen LogP contribution is 2.26. The topological polar surface area (TPSA) is 97.1 Å². The summed E-state index contributed by atoms with van der Waals surface area (Å²) in [5, 5.41) is 2.88. The van der Waals surface area contributed by atoms with Crippen LogP contribution in [0.3, 0.4) is 0 Å². The summed E-state index contributed by atoms with van der Waals surface area (Å²) in [6, 6.07) is 8.26. The number of ether oxygens (including phenoxy) is 2. The van der Waals surface area contributed by atoms with Gasteiger partial charge >= 0.3 is 0 Å². The summed E-state index contributed by atoms with van der Waals surface area (Å²) in [4.78, 5) is 29.7. The highest BCUT2D eigenvalue weighted by molar-refractivity contribution is 5.88. The smallest absolute Gasteiger partial charge is 0.249 e. The average molecular weight is 447 g/mol. The lowest BCUT2D eigenvalue weighted by atomic mass is 9.93. The molecule has 0 radical (unpaired) electrons. The summed E-state index contributed by atoms with van der Waals surface area (Å²) in [7, 11) is 1.50. The van der Waals surface area contributed by atoms with E-state index < -0.39 is 6.04 Å². The number of benzene rings is 1. The number of carbonyl (C=O) groups is 2. The minimum Gasteiger partial charge on any atom is -0.377 e. The first-order valence-corrected chi connectivity index (χ1v) is 11.7. The number of likely N-dealkylation sites (tertiary alicyclic amines) is 1. The molecule has 0 saturated carbocycles. The van der Waals surface area contributed by atoms with Gasteiger partial charge in [0.25, 0.3) is 0 Å². The molecule has 2 heterocycles. The van der Waals surface area contributed by atoms with Crippen molar-refractivity contribution in [2.75, 3.05) is 46.5 Å². The molecule has 2 aliphatic heterocycles. The minimum atomic E-state index is -0.520. The van der Waals surface area contributed by atoms with Crippen molar-refractivity contribution in [2.24, 2.45) is 5.73 Å². The first-order valence-electron chi connectivity index (χ1n) is 11.7. The van der Waals surface area contributed by atoms with Gasteiger partial charge in [-0.2, -0.15) is 0 Å². The van der Waals surface area contributed by atoms with Crippen molar-refractivity contribution in [2.45, 2.75) is 57.3 Å². The van der Waals surface area contributed by atoms with Crippen LogP contribution in [0.4, 0.5) is 0 Å². The van der Waals surface area contributed by atoms with Gasteiger partial charge in [-0.05, 0) is 38.2 Å². The molecule has 2 aliphatic rings. The molecule has 0 aromatic heterocycles. The zero-order valence-corrected chi connectivity index (χ0v) is 19.4. The molecule has 32 heavy (non-hydrogen) atoms. The third-order valence-corrected chi connectivity index (χ3v) is 6.39. The number of nitrogens with two attached hydrogens (primary N) is 1. The fourth-order valence-corrected chi connectivity index (χ4v) is 4.67. The fourth-order valence-electron chi connectivity index (χ4n) is 4.67. The monoisotopic (exact) mass is 446 g/mol. The van der Waals surface area contributed by atoms with E-state index in [-0.39, 0.29) is 30.6 Å². The Morgan fingerprint density at radius 3 is 2.72 bits per heavy atom. The van der Waals surface area contributed by atoms with Crippen LogP contribution >= 0.6 is 0 Å². The van der Waals surface area contributed by atoms with Gasteiger partial charge in [0.05, 0.1) is 6.10 Å². The van der Waals surface area contributed by atoms with Crippen LogP contribution in [0.5, 0.6) is 0 Å². The van der Waals surface area contributed by atoms with Gasteiger partial charge < -0.3 is 25.4 Å². The summed E-state index contributed by atoms with van der Waals surface area (Å²) < 4.78 is 11.0. The molecule has 1 aromatic carbocycles. The maximum absolute atomic E-state index is 12.9. The van der Waals surface area contributed by atoms with E-state index in [2.05, 4.69) is 41.4 Å². The first-order chi connectivity index (χ1) is 15.5. The second-order valence-corrected chi connectivity index (χ2v) is 8.84. The van der Waals surface area contributed by atoms with Crippen molar-refractivity contribution in [3.63, 3.8) is 0 Å². The van der Waals surface area contributed by atoms with E-state index in [4.69, 9.17) is 15.2 Å². The van der Waals surface area contributed by atoms with Gasteiger partial charge in [0.15, 0.2) is 0 Å². The Hall–Kier alpha value is -2.00. The van der Waals surface area contributed by atoms with E-state index in [9.17, 15) is 9.59 Å². The molecule has 2 amide bonds. The molecule has 8 nitrogen and oxygen atoms in total. The highest BCUT2D eigenvalue weighted by Gasteiger charge is 2.38. The van der Waals surface area contributed by atoms with Gasteiger partial charge in [-0.1, -0.05) is 29.8 Å². The van der Waals surface area contributed by atoms with Crippen LogP contribution in [-0.4, -0.2) is 86.3 Å². The molecule has 8 heteroatoms. The van der Waals surface area contributed by atoms with Crippen molar-refractivity contribution in [3.8, 4) is 0 Å². The zero-order chi connectivity index (χ0) is 22.9. The number of piperidine rings is 1. The normalized spacial score (nSPS) is 23.5. The quantitative estimate of drug-likeness (QED) is 0.558. The molecule has 2 saturated heterocycles. The van der Waals surface area contributed by atoms with Gasteiger partial charge in [-0.15, -0.1) is 0 Å². The Morgan fingerprint density at radius 2 is 2.06 bits per heavy atom. The second-order valence-electron chi connectivity index (χ2n) is 8.84. The predicted molar refractivity (Wildman–Crippen MR) is 123 cm³/mol. The van der Waals surface area contributed by atoms with Gasteiger partial charge in [0.1, 0.15) is 12.6 Å². The van der Waals surface area contributed by atoms with E-state index in [1.807, 2.05) is 0 Å². The number of hydrogen-bond donors (Lipinski definition) is 2. The van der Waals surface area contributed by atoms with Crippen LogP contribution in [0.15, 0.2) is 24.3 Å². The van der Waals surface area contributed by atoms with E-state index in [1.54, 1.807) is 4.90 Å². The largest absolute Gasteiger partial charge is 0.377 e. The maximum atomic E-state index is 12.9. The summed E-state index contributed by atoms with van der Waals surface area (Å²) in [5.41, 5.74) is 8.06. The Labute approximate surface area is 191 Å². The highest BCUT2D eigenvalue weighted by atomic mass is 16.5. The SMILES string of the molecule is COCC(=O)N1CCC(N(Cc2ccc(C)cc2)CC2CCCO2)C[C@@H]1C(=O)NCCN. The third-order valence-electron chi connectivity index (χ3n) is 6.39. The minimum absolute atomic E-state index is 0.0195. The van der Waals surface area contributed by atoms with E-state index in [0.29, 0.717) is 26.1 Å². The predicted octanol–water partition coefficient (Wildman–Crippen LogP) is 1.06. The standard InChI is InChI=1S/C24H38N4O4/c1-18-5-7-19(8-6-18)15-27(16-21-4-3-13-32-21)20-9-12-28(23(29)17-31-2)22(14-20)24(30)26-11-10-25/h5-8,20-22H,3-4,9-17,25H2,1-2H3,(H,26,30)/t20?,21?,22-/m1/s1. The summed E-state index contributed by atoms with van der Waals surface area (Å²) in [6.07, 6.45) is 3.78. The van der Waals surface area contributed by atoms with E-state index >= 15 is 0 Å². The van der Waals surface area contributed by atoms with E-state index in [0.717, 1.165) is 39.0 Å². The molecule has 178 valence electrons. The number of carbonyl (C=O) groups excluding carboxylic acids is 2. The van der Waals surface area contributed by atoms with Gasteiger partial charge in [0.2, 0.25) is 11.8 Å². The maximum Gasteiger partial charge on any atom is 0.249 e. The number of hydrogen-bond acceptors (Lipinski definition) is 6. The lowest BCUT2D eigenvalue weighted by Gasteiger charge is -2.43. The molecular weight excluding hydrogens is 408 g/mol. The molecule has 3 N–H and O–H groups in total. The Kier molecular flexibility index (Phi) is 9.47. The van der Waals surface area contributed by atoms with Crippen LogP contribution in [-0.2, 0) is 25.6 Å². The first kappa shape index (κ1) is 24.6. The number of methoxy groups -OCH3 is 1. The van der Waals surface area contributed by atoms with Crippen LogP contribution in [0, 0.1) is 6.92 Å². The second kappa shape index (κ2) is 12.3. The number of amides is 2. The van der Waals surface area contributed by atoms with Crippen LogP contribution < -0.4 is 11.1 Å². The number of nitrogens with one attached hydrogen (secondary N) is 1. The molecule has 2 unspecified atom stereocenters. The molecule has 3 rings (SSSR count). The molecule has 0 aliphatic carbocycles. The van der Waals surface area contributed by atoms with Crippen LogP contribution in [0.25, 0.3) is 0 Å². The van der Waals surface area contributed by atoms with Crippen LogP contribution in [0.2, 0.25) is 0 Å². The Balaban J connectivity index is 1.76. The average Bonchev–Trinajstić information content (AvgIpc) is 3.31. The van der Waals surface area contributed by atoms with Crippen molar-refractivity contribution < 1.29 is 19.1 Å². The molecule has 0 bridgehead atoms. The molecule has 2 fully saturated rings. The number of rotatable bonds is 10. The lowest BCUT2D eigenvalue weighted by molar-refractivity contribution is -0.146. The number of aryl methyl sites for hydroxylation is 1. The molecule has 1 aromatic rings. The van der Waals surface area contributed by atoms with Crippen LogP contribution in [0.1, 0.15) is 36.8 Å². The van der Waals surface area contributed by atoms with Crippen molar-refractivity contribution >= 4 is 11.8 Å². The molecular formula is C24H38N4O4. The van der Waals surface area contributed by atoms with Crippen molar-refractivity contribution in [3.05, 3.63) is 35.4 Å². The molecule has 0 spiro atoms. The lowest BCUT2D eigenvalue weighted by Crippen LogP contribution is -2.58. The van der Waals surface area contributed by atoms with Crippen molar-refractivity contribution in [1.29, 1.82) is 0 Å². The van der Waals surface area contributed by atoms with Crippen molar-refractivity contribution in [1.82, 2.24) is 15.1 Å². The van der Waals surface area contributed by atoms with Gasteiger partial charge in [-0.25, -0.2) is 0 Å². The zero-order valence-electron chi connectivity index (χ0n) is 19.4. The Morgan fingerprint density at radius 1 is 1.28 bits per heavy atom. The third kappa shape index (κ3) is 6.75. The van der Waals surface area contributed by atoms with Gasteiger partial charge in [0, 0.05) is 52.5 Å². The summed E-state index contributed by atoms with van der Waals surface area (Å²) >= 11 is 0.